The molecule has 0 radical (unpaired) electrons. The summed E-state index contributed by atoms with van der Waals surface area (Å²) in [6, 6.07) is 5.43. The van der Waals surface area contributed by atoms with Crippen molar-refractivity contribution in [1.29, 1.82) is 0 Å². The summed E-state index contributed by atoms with van der Waals surface area (Å²) in [5.74, 6) is 1.03. The van der Waals surface area contributed by atoms with Gasteiger partial charge >= 0.3 is 0 Å². The fourth-order valence-electron chi connectivity index (χ4n) is 1.91. The zero-order chi connectivity index (χ0) is 13.1. The third kappa shape index (κ3) is 2.62. The van der Waals surface area contributed by atoms with Gasteiger partial charge in [-0.1, -0.05) is 23.7 Å². The quantitative estimate of drug-likeness (QED) is 0.793. The van der Waals surface area contributed by atoms with E-state index in [4.69, 9.17) is 11.6 Å². The van der Waals surface area contributed by atoms with Crippen LogP contribution < -0.4 is 0 Å². The first-order valence-electron chi connectivity index (χ1n) is 5.84. The number of nitrogens with zero attached hydrogens (tertiary/aromatic N) is 2. The zero-order valence-corrected chi connectivity index (χ0v) is 11.2. The molecule has 0 N–H and O–H groups in total. The highest BCUT2D eigenvalue weighted by atomic mass is 35.5. The minimum Gasteiger partial charge on any atom is -0.338 e. The molecule has 0 bridgehead atoms. The summed E-state index contributed by atoms with van der Waals surface area (Å²) in [4.78, 5) is 16.3. The number of ketones is 1. The number of halogens is 1. The molecule has 0 saturated heterocycles. The fourth-order valence-corrected chi connectivity index (χ4v) is 2.08. The lowest BCUT2D eigenvalue weighted by Crippen LogP contribution is -2.06. The van der Waals surface area contributed by atoms with Gasteiger partial charge in [0.2, 0.25) is 0 Å². The number of benzene rings is 1. The summed E-state index contributed by atoms with van der Waals surface area (Å²) < 4.78 is 1.93. The van der Waals surface area contributed by atoms with Crippen molar-refractivity contribution in [1.82, 2.24) is 9.55 Å². The average Bonchev–Trinajstić information content (AvgIpc) is 2.75. The van der Waals surface area contributed by atoms with Crippen LogP contribution in [0.15, 0.2) is 30.6 Å². The smallest absolute Gasteiger partial charge is 0.163 e. The van der Waals surface area contributed by atoms with Gasteiger partial charge in [-0.3, -0.25) is 4.79 Å². The van der Waals surface area contributed by atoms with Gasteiger partial charge in [0.05, 0.1) is 0 Å². The Morgan fingerprint density at radius 1 is 1.44 bits per heavy atom. The van der Waals surface area contributed by atoms with Crippen LogP contribution in [0.25, 0.3) is 0 Å². The van der Waals surface area contributed by atoms with Crippen LogP contribution in [-0.4, -0.2) is 15.3 Å². The van der Waals surface area contributed by atoms with E-state index in [1.165, 1.54) is 0 Å². The van der Waals surface area contributed by atoms with Gasteiger partial charge in [0.25, 0.3) is 0 Å². The molecule has 0 saturated carbocycles. The second-order valence-corrected chi connectivity index (χ2v) is 4.70. The molecule has 18 heavy (non-hydrogen) atoms. The zero-order valence-electron chi connectivity index (χ0n) is 10.5. The van der Waals surface area contributed by atoms with E-state index in [1.807, 2.05) is 36.9 Å². The van der Waals surface area contributed by atoms with Crippen LogP contribution in [0.2, 0.25) is 5.02 Å². The molecule has 1 aromatic carbocycles. The van der Waals surface area contributed by atoms with E-state index >= 15 is 0 Å². The van der Waals surface area contributed by atoms with Crippen molar-refractivity contribution in [3.05, 3.63) is 52.6 Å². The number of aryl methyl sites for hydroxylation is 2. The van der Waals surface area contributed by atoms with Crippen LogP contribution in [-0.2, 0) is 13.5 Å². The van der Waals surface area contributed by atoms with Crippen LogP contribution in [0.5, 0.6) is 0 Å². The highest BCUT2D eigenvalue weighted by Crippen LogP contribution is 2.20. The molecular weight excluding hydrogens is 248 g/mol. The largest absolute Gasteiger partial charge is 0.338 e. The van der Waals surface area contributed by atoms with Gasteiger partial charge in [0, 0.05) is 42.9 Å². The van der Waals surface area contributed by atoms with Gasteiger partial charge in [0.15, 0.2) is 5.78 Å². The summed E-state index contributed by atoms with van der Waals surface area (Å²) in [5.41, 5.74) is 1.56. The molecule has 1 heterocycles. The maximum atomic E-state index is 12.1. The molecule has 1 aromatic heterocycles. The number of carbonyl (C=O) groups excluding carboxylic acids is 1. The molecule has 0 aliphatic carbocycles. The van der Waals surface area contributed by atoms with E-state index < -0.39 is 0 Å². The van der Waals surface area contributed by atoms with Crippen molar-refractivity contribution < 1.29 is 4.79 Å². The summed E-state index contributed by atoms with van der Waals surface area (Å²) in [7, 11) is 1.93. The van der Waals surface area contributed by atoms with E-state index in [0.717, 1.165) is 11.4 Å². The number of aromatic nitrogens is 2. The van der Waals surface area contributed by atoms with Crippen molar-refractivity contribution in [3.8, 4) is 0 Å². The standard InChI is InChI=1S/C14H15ClN2O/c1-10-11(4-3-5-12(10)15)13(18)6-7-14-16-8-9-17(14)2/h3-5,8-9H,6-7H2,1-2H3. The van der Waals surface area contributed by atoms with Gasteiger partial charge in [-0.2, -0.15) is 0 Å². The number of rotatable bonds is 4. The molecular formula is C14H15ClN2O. The van der Waals surface area contributed by atoms with Crippen molar-refractivity contribution in [2.45, 2.75) is 19.8 Å². The lowest BCUT2D eigenvalue weighted by molar-refractivity contribution is 0.0981. The Hall–Kier alpha value is -1.61. The Morgan fingerprint density at radius 2 is 2.22 bits per heavy atom. The average molecular weight is 263 g/mol. The van der Waals surface area contributed by atoms with Crippen LogP contribution in [0.4, 0.5) is 0 Å². The van der Waals surface area contributed by atoms with Gasteiger partial charge in [-0.05, 0) is 18.6 Å². The van der Waals surface area contributed by atoms with Crippen molar-refractivity contribution in [2.75, 3.05) is 0 Å². The Labute approximate surface area is 111 Å². The molecule has 2 rings (SSSR count). The predicted octanol–water partition coefficient (Wildman–Crippen LogP) is 3.20. The van der Waals surface area contributed by atoms with Crippen molar-refractivity contribution >= 4 is 17.4 Å². The molecule has 3 nitrogen and oxygen atoms in total. The maximum Gasteiger partial charge on any atom is 0.163 e. The molecule has 0 spiro atoms. The summed E-state index contributed by atoms with van der Waals surface area (Å²) in [5, 5.41) is 0.637. The molecule has 0 fully saturated rings. The van der Waals surface area contributed by atoms with Crippen molar-refractivity contribution in [3.63, 3.8) is 0 Å². The fraction of sp³-hybridized carbons (Fsp3) is 0.286. The monoisotopic (exact) mass is 262 g/mol. The first-order chi connectivity index (χ1) is 8.59. The Kier molecular flexibility index (Phi) is 3.82. The third-order valence-electron chi connectivity index (χ3n) is 3.06. The third-order valence-corrected chi connectivity index (χ3v) is 3.47. The Bertz CT molecular complexity index is 575. The van der Waals surface area contributed by atoms with E-state index in [1.54, 1.807) is 12.3 Å². The van der Waals surface area contributed by atoms with E-state index in [-0.39, 0.29) is 5.78 Å². The van der Waals surface area contributed by atoms with Crippen LogP contribution >= 0.6 is 11.6 Å². The van der Waals surface area contributed by atoms with Crippen LogP contribution in [0.3, 0.4) is 0 Å². The van der Waals surface area contributed by atoms with E-state index in [9.17, 15) is 4.79 Å². The van der Waals surface area contributed by atoms with Gasteiger partial charge in [-0.15, -0.1) is 0 Å². The second-order valence-electron chi connectivity index (χ2n) is 4.29. The van der Waals surface area contributed by atoms with Crippen LogP contribution in [0.1, 0.15) is 28.2 Å². The van der Waals surface area contributed by atoms with Gasteiger partial charge in [0.1, 0.15) is 5.82 Å². The minimum atomic E-state index is 0.109. The number of carbonyl (C=O) groups is 1. The number of Topliss-reactive ketones (excluding diaryl/α,β-unsaturated/α-hetero) is 1. The first-order valence-corrected chi connectivity index (χ1v) is 6.22. The van der Waals surface area contributed by atoms with Gasteiger partial charge < -0.3 is 4.57 Å². The first kappa shape index (κ1) is 12.8. The highest BCUT2D eigenvalue weighted by molar-refractivity contribution is 6.31. The Balaban J connectivity index is 2.09. The summed E-state index contributed by atoms with van der Waals surface area (Å²) in [6.07, 6.45) is 4.72. The Morgan fingerprint density at radius 3 is 2.89 bits per heavy atom. The SMILES string of the molecule is Cc1c(Cl)cccc1C(=O)CCc1nccn1C. The van der Waals surface area contributed by atoms with Gasteiger partial charge in [-0.25, -0.2) is 4.98 Å². The van der Waals surface area contributed by atoms with Crippen molar-refractivity contribution in [2.24, 2.45) is 7.05 Å². The van der Waals surface area contributed by atoms with E-state index in [0.29, 0.717) is 23.4 Å². The molecule has 0 aliphatic heterocycles. The summed E-state index contributed by atoms with van der Waals surface area (Å²) in [6.45, 7) is 1.87. The molecule has 0 amide bonds. The summed E-state index contributed by atoms with van der Waals surface area (Å²) >= 11 is 6.01. The topological polar surface area (TPSA) is 34.9 Å². The predicted molar refractivity (Wildman–Crippen MR) is 72.0 cm³/mol. The number of hydrogen-bond acceptors (Lipinski definition) is 2. The lowest BCUT2D eigenvalue weighted by atomic mass is 10.0. The maximum absolute atomic E-state index is 12.1. The normalized spacial score (nSPS) is 10.6. The highest BCUT2D eigenvalue weighted by Gasteiger charge is 2.12. The molecule has 0 atom stereocenters. The molecule has 4 heteroatoms. The minimum absolute atomic E-state index is 0.109. The second kappa shape index (κ2) is 5.36. The van der Waals surface area contributed by atoms with E-state index in [2.05, 4.69) is 4.98 Å². The molecule has 0 unspecified atom stereocenters. The van der Waals surface area contributed by atoms with Crippen LogP contribution in [0, 0.1) is 6.92 Å². The number of hydrogen-bond donors (Lipinski definition) is 0. The molecule has 2 aromatic rings. The molecule has 0 aliphatic rings. The number of imidazole rings is 1. The molecule has 94 valence electrons. The lowest BCUT2D eigenvalue weighted by Gasteiger charge is -2.06.